The van der Waals surface area contributed by atoms with Crippen LogP contribution in [-0.4, -0.2) is 138 Å². The van der Waals surface area contributed by atoms with E-state index in [1.54, 1.807) is 55.4 Å². The van der Waals surface area contributed by atoms with E-state index in [1.807, 2.05) is 88.4 Å². The molecule has 0 spiro atoms. The van der Waals surface area contributed by atoms with Gasteiger partial charge >= 0.3 is 65.1 Å². The summed E-state index contributed by atoms with van der Waals surface area (Å²) in [6.45, 7) is 23.2. The molecular weight excluding hydrogens is 1160 g/mol. The summed E-state index contributed by atoms with van der Waals surface area (Å²) in [5.41, 5.74) is 6.32. The summed E-state index contributed by atoms with van der Waals surface area (Å²) in [7, 11) is 0. The zero-order chi connectivity index (χ0) is 66.6. The van der Waals surface area contributed by atoms with Crippen LogP contribution < -0.4 is 5.73 Å². The average molecular weight is 1260 g/mol. The van der Waals surface area contributed by atoms with Gasteiger partial charge in [-0.25, -0.2) is 4.79 Å². The Bertz CT molecular complexity index is 2210. The number of aliphatic hydroxyl groups excluding tert-OH is 1. The number of esters is 7. The Hall–Kier alpha value is -7.18. The molecule has 25 heteroatoms. The van der Waals surface area contributed by atoms with E-state index >= 15 is 0 Å². The maximum atomic E-state index is 12.1. The third kappa shape index (κ3) is 54.0. The Balaban J connectivity index is -0.000000327. The molecule has 0 heterocycles. The van der Waals surface area contributed by atoms with E-state index in [9.17, 15) is 52.7 Å². The van der Waals surface area contributed by atoms with Crippen LogP contribution in [0.4, 0.5) is 4.79 Å². The molecule has 0 radical (unpaired) electrons. The Labute approximate surface area is 518 Å². The number of aliphatic hydroxyl groups is 1. The summed E-state index contributed by atoms with van der Waals surface area (Å²) in [6, 6.07) is 18.2. The summed E-state index contributed by atoms with van der Waals surface area (Å²) < 4.78 is 38.9. The van der Waals surface area contributed by atoms with E-state index in [4.69, 9.17) is 66.2 Å². The van der Waals surface area contributed by atoms with E-state index < -0.39 is 77.0 Å². The number of carbonyl (C=O) groups is 11. The van der Waals surface area contributed by atoms with E-state index in [1.165, 1.54) is 0 Å². The molecule has 0 unspecified atom stereocenters. The van der Waals surface area contributed by atoms with Crippen molar-refractivity contribution in [1.29, 1.82) is 0 Å². The number of halogens is 1. The number of hydrogen-bond acceptors (Lipinski definition) is 21. The maximum Gasteiger partial charge on any atom is 0.403 e. The van der Waals surface area contributed by atoms with Crippen molar-refractivity contribution in [2.45, 2.75) is 168 Å². The summed E-state index contributed by atoms with van der Waals surface area (Å²) in [6.07, 6.45) is 1.47. The first-order valence-electron chi connectivity index (χ1n) is 28.5. The van der Waals surface area contributed by atoms with Gasteiger partial charge in [0.1, 0.15) is 19.3 Å². The fourth-order valence-electron chi connectivity index (χ4n) is 6.23. The van der Waals surface area contributed by atoms with Crippen LogP contribution in [0.25, 0.3) is 0 Å². The van der Waals surface area contributed by atoms with Crippen LogP contribution in [0.1, 0.15) is 159 Å². The first-order valence-corrected chi connectivity index (χ1v) is 28.9. The standard InChI is InChI=1S/C20H28O6.C13H22O6.C11H14O3.C9H16O4.C5H11NO2.C3H5ClO2.CH4/c1-4-24-19(22)13-17(15(2)3)20(23)25-12-8-11-18(21)26-14-16-9-6-5-7-10-16;1-4-18-12(16)8-10(9(2)3)13(17)19-7-5-6-11(14)15;12-8-4-7-11(13)14-9-10-5-2-1-3-6-10;1-4-13-8(10)5-7(6(2)3)9(11)12;1-3(2)4(6)5(7)8;1-2-6-3(4)5;/h5-7,9-10,15,17H,4,8,11-14H2,1-3H3;9-10H,4-8H2,1-3H3,(H,14,15);1-3,5-6,12H,4,7-9H2;6-7H,4-5H2,1-3H3,(H,11,12);3-4H,6H2,1-2H3,(H,7,8);2H2,1H3;1H4/t17-;10-;;7-;4-;;/m00.00../s1. The lowest BCUT2D eigenvalue weighted by molar-refractivity contribution is -0.157. The zero-order valence-electron chi connectivity index (χ0n) is 52.1. The molecule has 0 saturated heterocycles. The lowest BCUT2D eigenvalue weighted by Gasteiger charge is -2.18. The Kier molecular flexibility index (Phi) is 57.6. The molecule has 0 aromatic heterocycles. The minimum Gasteiger partial charge on any atom is -0.481 e. The highest BCUT2D eigenvalue weighted by Crippen LogP contribution is 2.20. The highest BCUT2D eigenvalue weighted by molar-refractivity contribution is 6.61. The molecular formula is C62H100ClNO23. The SMILES string of the molecule is C.CC(C)[C@H](N)C(=O)O.CCOC(=O)C[C@H](C(=O)O)C(C)C.CCOC(=O)C[C@H](C(=O)OCCCC(=O)O)C(C)C.CCOC(=O)C[C@H](C(=O)OCCCC(=O)OCc1ccccc1)C(C)C.CCOC(=O)Cl.O=C(CCCO)OCc1ccccc1. The monoisotopic (exact) mass is 1260 g/mol. The fourth-order valence-corrected chi connectivity index (χ4v) is 6.34. The van der Waals surface area contributed by atoms with Gasteiger partial charge in [-0.2, -0.15) is 0 Å². The number of rotatable bonds is 33. The van der Waals surface area contributed by atoms with Crippen molar-refractivity contribution >= 4 is 76.7 Å². The molecule has 0 saturated carbocycles. The molecule has 87 heavy (non-hydrogen) atoms. The molecule has 2 aromatic rings. The van der Waals surface area contributed by atoms with Gasteiger partial charge < -0.3 is 64.1 Å². The smallest absolute Gasteiger partial charge is 0.403 e. The molecule has 498 valence electrons. The van der Waals surface area contributed by atoms with E-state index in [0.717, 1.165) is 11.1 Å². The van der Waals surface area contributed by atoms with Gasteiger partial charge in [0.2, 0.25) is 0 Å². The van der Waals surface area contributed by atoms with Crippen LogP contribution in [0.3, 0.4) is 0 Å². The molecule has 2 aromatic carbocycles. The second-order valence-corrected chi connectivity index (χ2v) is 20.1. The van der Waals surface area contributed by atoms with Crippen molar-refractivity contribution in [2.75, 3.05) is 46.2 Å². The van der Waals surface area contributed by atoms with Crippen LogP contribution in [0, 0.1) is 41.4 Å². The third-order valence-electron chi connectivity index (χ3n) is 11.2. The van der Waals surface area contributed by atoms with Gasteiger partial charge in [-0.05, 0) is 81.8 Å². The molecule has 4 atom stereocenters. The third-order valence-corrected chi connectivity index (χ3v) is 11.4. The number of ether oxygens (including phenoxy) is 8. The van der Waals surface area contributed by atoms with Crippen LogP contribution in [0.5, 0.6) is 0 Å². The lowest BCUT2D eigenvalue weighted by Crippen LogP contribution is -2.34. The van der Waals surface area contributed by atoms with E-state index in [-0.39, 0.29) is 128 Å². The van der Waals surface area contributed by atoms with Crippen LogP contribution >= 0.6 is 11.6 Å². The molecule has 0 aliphatic carbocycles. The highest BCUT2D eigenvalue weighted by Gasteiger charge is 2.29. The topological polar surface area (TPSA) is 369 Å². The summed E-state index contributed by atoms with van der Waals surface area (Å²) in [5, 5.41) is 33.9. The van der Waals surface area contributed by atoms with Crippen molar-refractivity contribution in [2.24, 2.45) is 47.2 Å². The van der Waals surface area contributed by atoms with Gasteiger partial charge in [-0.15, -0.1) is 0 Å². The lowest BCUT2D eigenvalue weighted by atomic mass is 9.93. The normalized spacial score (nSPS) is 11.4. The van der Waals surface area contributed by atoms with Crippen LogP contribution in [0.2, 0.25) is 0 Å². The van der Waals surface area contributed by atoms with Crippen molar-refractivity contribution < 1.29 is 111 Å². The minimum atomic E-state index is -0.942. The number of carboxylic acids is 3. The minimum absolute atomic E-state index is 0. The Morgan fingerprint density at radius 1 is 0.437 bits per heavy atom. The van der Waals surface area contributed by atoms with Gasteiger partial charge in [0.05, 0.1) is 76.7 Å². The Morgan fingerprint density at radius 3 is 1.02 bits per heavy atom. The van der Waals surface area contributed by atoms with Gasteiger partial charge in [0.15, 0.2) is 0 Å². The zero-order valence-corrected chi connectivity index (χ0v) is 52.9. The van der Waals surface area contributed by atoms with Gasteiger partial charge in [-0.1, -0.05) is 123 Å². The van der Waals surface area contributed by atoms with Crippen LogP contribution in [0.15, 0.2) is 60.7 Å². The van der Waals surface area contributed by atoms with Crippen LogP contribution in [-0.2, 0) is 99.1 Å². The summed E-state index contributed by atoms with van der Waals surface area (Å²) >= 11 is 4.72. The number of hydrogen-bond donors (Lipinski definition) is 5. The Morgan fingerprint density at radius 2 is 0.770 bits per heavy atom. The number of benzene rings is 2. The second kappa shape index (κ2) is 56.6. The number of aliphatic carboxylic acids is 3. The first kappa shape index (κ1) is 88.6. The van der Waals surface area contributed by atoms with E-state index in [0.29, 0.717) is 32.7 Å². The molecule has 0 amide bonds. The van der Waals surface area contributed by atoms with Gasteiger partial charge in [-0.3, -0.25) is 47.9 Å². The molecule has 0 fully saturated rings. The molecule has 0 aliphatic heterocycles. The summed E-state index contributed by atoms with van der Waals surface area (Å²) in [5.74, 6) is -7.44. The molecule has 0 bridgehead atoms. The molecule has 0 aliphatic rings. The second-order valence-electron chi connectivity index (χ2n) is 19.8. The predicted molar refractivity (Wildman–Crippen MR) is 323 cm³/mol. The van der Waals surface area contributed by atoms with Gasteiger partial charge in [0.25, 0.3) is 0 Å². The quantitative estimate of drug-likeness (QED) is 0.0192. The number of carboxylic acid groups (broad SMARTS) is 3. The van der Waals surface area contributed by atoms with E-state index in [2.05, 4.69) is 9.47 Å². The molecule has 24 nitrogen and oxygen atoms in total. The van der Waals surface area contributed by atoms with Crippen molar-refractivity contribution in [1.82, 2.24) is 0 Å². The maximum absolute atomic E-state index is 12.1. The number of nitrogens with two attached hydrogens (primary N) is 1. The predicted octanol–water partition coefficient (Wildman–Crippen LogP) is 9.77. The highest BCUT2D eigenvalue weighted by atomic mass is 35.5. The first-order chi connectivity index (χ1) is 40.4. The molecule has 6 N–H and O–H groups in total. The average Bonchev–Trinajstić information content (AvgIpc) is 3.67. The fraction of sp³-hybridized carbons (Fsp3) is 0.629. The largest absolute Gasteiger partial charge is 0.481 e. The van der Waals surface area contributed by atoms with Gasteiger partial charge in [0, 0.05) is 37.5 Å². The van der Waals surface area contributed by atoms with Crippen molar-refractivity contribution in [3.63, 3.8) is 0 Å². The number of carbonyl (C=O) groups excluding carboxylic acids is 8. The van der Waals surface area contributed by atoms with Crippen molar-refractivity contribution in [3.8, 4) is 0 Å². The molecule has 2 rings (SSSR count). The van der Waals surface area contributed by atoms with Crippen molar-refractivity contribution in [3.05, 3.63) is 71.8 Å². The summed E-state index contributed by atoms with van der Waals surface area (Å²) in [4.78, 5) is 121.